The summed E-state index contributed by atoms with van der Waals surface area (Å²) in [4.78, 5) is 9.40. The Balaban J connectivity index is 3.15. The lowest BCUT2D eigenvalue weighted by Crippen LogP contribution is -2.27. The monoisotopic (exact) mass is 280 g/mol. The Bertz CT molecular complexity index is 461. The van der Waals surface area contributed by atoms with Gasteiger partial charge in [0.25, 0.3) is 5.69 Å². The minimum Gasteiger partial charge on any atom is -0.394 e. The molecule has 0 aliphatic rings. The Labute approximate surface area is 105 Å². The number of benzene rings is 1. The molecule has 0 heterocycles. The van der Waals surface area contributed by atoms with E-state index in [1.165, 1.54) is 0 Å². The van der Waals surface area contributed by atoms with Crippen LogP contribution in [0.25, 0.3) is 0 Å². The van der Waals surface area contributed by atoms with Gasteiger partial charge in [-0.15, -0.1) is 0 Å². The lowest BCUT2D eigenvalue weighted by Gasteiger charge is -2.16. The van der Waals surface area contributed by atoms with Crippen LogP contribution in [0, 0.1) is 10.1 Å². The fourth-order valence-electron chi connectivity index (χ4n) is 1.40. The molecule has 0 aromatic heterocycles. The zero-order chi connectivity index (χ0) is 14.6. The Morgan fingerprint density at radius 2 is 1.89 bits per heavy atom. The number of aliphatic hydroxyl groups excluding tert-OH is 2. The zero-order valence-corrected chi connectivity index (χ0v) is 9.52. The summed E-state index contributed by atoms with van der Waals surface area (Å²) < 4.78 is 38.0. The van der Waals surface area contributed by atoms with Crippen molar-refractivity contribution in [2.75, 3.05) is 18.5 Å². The number of nitro benzene ring substituents is 1. The Morgan fingerprint density at radius 3 is 2.32 bits per heavy atom. The van der Waals surface area contributed by atoms with Gasteiger partial charge < -0.3 is 15.5 Å². The van der Waals surface area contributed by atoms with Crippen LogP contribution < -0.4 is 5.32 Å². The van der Waals surface area contributed by atoms with Crippen LogP contribution in [0.4, 0.5) is 24.5 Å². The molecule has 0 amide bonds. The number of nitrogens with zero attached hydrogens (tertiary/aromatic N) is 1. The van der Waals surface area contributed by atoms with E-state index < -0.39 is 41.6 Å². The number of nitro groups is 1. The summed E-state index contributed by atoms with van der Waals surface area (Å²) in [6.45, 7) is -0.982. The highest BCUT2D eigenvalue weighted by atomic mass is 19.4. The predicted molar refractivity (Wildman–Crippen MR) is 59.7 cm³/mol. The van der Waals surface area contributed by atoms with Gasteiger partial charge in [-0.05, 0) is 12.1 Å². The third-order valence-electron chi connectivity index (χ3n) is 2.31. The molecule has 9 heteroatoms. The molecule has 0 spiro atoms. The van der Waals surface area contributed by atoms with Crippen molar-refractivity contribution in [3.05, 3.63) is 33.9 Å². The van der Waals surface area contributed by atoms with Crippen LogP contribution in [0.15, 0.2) is 18.2 Å². The second kappa shape index (κ2) is 5.85. The smallest absolute Gasteiger partial charge is 0.394 e. The highest BCUT2D eigenvalue weighted by Crippen LogP contribution is 2.37. The highest BCUT2D eigenvalue weighted by Gasteiger charge is 2.38. The summed E-state index contributed by atoms with van der Waals surface area (Å²) in [6, 6.07) is 1.52. The normalized spacial score (nSPS) is 11.7. The summed E-state index contributed by atoms with van der Waals surface area (Å²) in [5.41, 5.74) is -2.52. The number of halogens is 3. The number of anilines is 1. The maximum absolute atomic E-state index is 12.7. The number of hydrogen-bond acceptors (Lipinski definition) is 5. The van der Waals surface area contributed by atoms with Crippen molar-refractivity contribution < 1.29 is 28.3 Å². The molecule has 6 nitrogen and oxygen atoms in total. The van der Waals surface area contributed by atoms with Crippen LogP contribution in [0.5, 0.6) is 0 Å². The quantitative estimate of drug-likeness (QED) is 0.559. The van der Waals surface area contributed by atoms with Crippen molar-refractivity contribution in [1.82, 2.24) is 0 Å². The first kappa shape index (κ1) is 15.2. The van der Waals surface area contributed by atoms with Gasteiger partial charge in [0, 0.05) is 11.8 Å². The first-order chi connectivity index (χ1) is 8.79. The molecule has 0 aliphatic heterocycles. The molecule has 0 atom stereocenters. The van der Waals surface area contributed by atoms with Gasteiger partial charge in [0.05, 0.1) is 24.2 Å². The van der Waals surface area contributed by atoms with E-state index in [0.717, 1.165) is 12.1 Å². The van der Waals surface area contributed by atoms with Crippen molar-refractivity contribution in [3.8, 4) is 0 Å². The van der Waals surface area contributed by atoms with E-state index >= 15 is 0 Å². The first-order valence-corrected chi connectivity index (χ1v) is 5.13. The van der Waals surface area contributed by atoms with E-state index in [-0.39, 0.29) is 5.69 Å². The fraction of sp³-hybridized carbons (Fsp3) is 0.400. The van der Waals surface area contributed by atoms with Gasteiger partial charge >= 0.3 is 6.18 Å². The van der Waals surface area contributed by atoms with Crippen molar-refractivity contribution in [2.45, 2.75) is 12.2 Å². The molecule has 0 fully saturated rings. The molecule has 0 unspecified atom stereocenters. The lowest BCUT2D eigenvalue weighted by molar-refractivity contribution is -0.388. The molecule has 106 valence electrons. The van der Waals surface area contributed by atoms with Crippen LogP contribution >= 0.6 is 0 Å². The first-order valence-electron chi connectivity index (χ1n) is 5.13. The molecule has 0 aliphatic carbocycles. The second-order valence-corrected chi connectivity index (χ2v) is 3.69. The van der Waals surface area contributed by atoms with Gasteiger partial charge in [-0.2, -0.15) is 13.2 Å². The van der Waals surface area contributed by atoms with E-state index in [2.05, 4.69) is 5.32 Å². The molecule has 1 rings (SSSR count). The van der Waals surface area contributed by atoms with E-state index in [0.29, 0.717) is 6.07 Å². The van der Waals surface area contributed by atoms with Crippen LogP contribution in [-0.4, -0.2) is 34.4 Å². The second-order valence-electron chi connectivity index (χ2n) is 3.69. The van der Waals surface area contributed by atoms with Gasteiger partial charge in [-0.1, -0.05) is 0 Å². The molecular weight excluding hydrogens is 269 g/mol. The lowest BCUT2D eigenvalue weighted by atomic mass is 10.1. The topological polar surface area (TPSA) is 95.6 Å². The van der Waals surface area contributed by atoms with Gasteiger partial charge in [0.2, 0.25) is 0 Å². The molecule has 0 saturated heterocycles. The molecule has 1 aromatic carbocycles. The average molecular weight is 280 g/mol. The van der Waals surface area contributed by atoms with E-state index in [1.807, 2.05) is 0 Å². The standard InChI is InChI=1S/C10H11F3N2O4/c11-10(12,13)8-3-6(14-7(4-16)5-17)1-2-9(8)15(18)19/h1-3,7,14,16-17H,4-5H2. The summed E-state index contributed by atoms with van der Waals surface area (Å²) in [5.74, 6) is 0. The van der Waals surface area contributed by atoms with Gasteiger partial charge in [-0.3, -0.25) is 10.1 Å². The third-order valence-corrected chi connectivity index (χ3v) is 2.31. The molecule has 0 saturated carbocycles. The van der Waals surface area contributed by atoms with Crippen LogP contribution in [-0.2, 0) is 6.18 Å². The van der Waals surface area contributed by atoms with E-state index in [9.17, 15) is 23.3 Å². The zero-order valence-electron chi connectivity index (χ0n) is 9.52. The van der Waals surface area contributed by atoms with E-state index in [1.54, 1.807) is 0 Å². The number of rotatable bonds is 5. The maximum Gasteiger partial charge on any atom is 0.423 e. The number of aliphatic hydroxyl groups is 2. The number of hydrogen-bond donors (Lipinski definition) is 3. The predicted octanol–water partition coefficient (Wildman–Crippen LogP) is 1.38. The van der Waals surface area contributed by atoms with Gasteiger partial charge in [-0.25, -0.2) is 0 Å². The average Bonchev–Trinajstić information content (AvgIpc) is 2.34. The molecule has 19 heavy (non-hydrogen) atoms. The van der Waals surface area contributed by atoms with Crippen molar-refractivity contribution in [2.24, 2.45) is 0 Å². The van der Waals surface area contributed by atoms with E-state index in [4.69, 9.17) is 10.2 Å². The molecule has 0 bridgehead atoms. The van der Waals surface area contributed by atoms with Crippen LogP contribution in [0.2, 0.25) is 0 Å². The molecule has 0 radical (unpaired) electrons. The SMILES string of the molecule is O=[N+]([O-])c1ccc(NC(CO)CO)cc1C(F)(F)F. The minimum absolute atomic E-state index is 0.0778. The number of alkyl halides is 3. The van der Waals surface area contributed by atoms with Crippen molar-refractivity contribution in [1.29, 1.82) is 0 Å². The number of nitrogens with one attached hydrogen (secondary N) is 1. The summed E-state index contributed by atoms with van der Waals surface area (Å²) in [5, 5.41) is 30.6. The Kier molecular flexibility index (Phi) is 4.67. The molecular formula is C10H11F3N2O4. The summed E-state index contributed by atoms with van der Waals surface area (Å²) >= 11 is 0. The molecule has 3 N–H and O–H groups in total. The maximum atomic E-state index is 12.7. The van der Waals surface area contributed by atoms with Crippen LogP contribution in [0.1, 0.15) is 5.56 Å². The van der Waals surface area contributed by atoms with Crippen LogP contribution in [0.3, 0.4) is 0 Å². The minimum atomic E-state index is -4.87. The summed E-state index contributed by atoms with van der Waals surface area (Å²) in [6.07, 6.45) is -4.87. The highest BCUT2D eigenvalue weighted by molar-refractivity contribution is 5.55. The Hall–Kier alpha value is -1.87. The molecule has 1 aromatic rings. The van der Waals surface area contributed by atoms with Gasteiger partial charge in [0.15, 0.2) is 0 Å². The summed E-state index contributed by atoms with van der Waals surface area (Å²) in [7, 11) is 0. The van der Waals surface area contributed by atoms with Crippen molar-refractivity contribution >= 4 is 11.4 Å². The largest absolute Gasteiger partial charge is 0.423 e. The Morgan fingerprint density at radius 1 is 1.32 bits per heavy atom. The fourth-order valence-corrected chi connectivity index (χ4v) is 1.40. The van der Waals surface area contributed by atoms with Gasteiger partial charge in [0.1, 0.15) is 5.56 Å². The van der Waals surface area contributed by atoms with Crippen molar-refractivity contribution in [3.63, 3.8) is 0 Å². The third kappa shape index (κ3) is 3.80.